The van der Waals surface area contributed by atoms with E-state index in [0.717, 1.165) is 21.9 Å². The number of fused-ring (bicyclic) bond motifs is 1. The minimum atomic E-state index is -0.128. The van der Waals surface area contributed by atoms with Crippen molar-refractivity contribution in [2.45, 2.75) is 6.10 Å². The van der Waals surface area contributed by atoms with Crippen LogP contribution in [-0.4, -0.2) is 45.1 Å². The quantitative estimate of drug-likeness (QED) is 0.382. The lowest BCUT2D eigenvalue weighted by Gasteiger charge is -2.39. The third-order valence-corrected chi connectivity index (χ3v) is 5.88. The van der Waals surface area contributed by atoms with Gasteiger partial charge in [-0.3, -0.25) is 9.78 Å². The molecule has 3 aromatic carbocycles. The zero-order valence-corrected chi connectivity index (χ0v) is 18.2. The monoisotopic (exact) mass is 448 g/mol. The Balaban J connectivity index is 1.17. The van der Waals surface area contributed by atoms with Gasteiger partial charge in [0.1, 0.15) is 17.5 Å². The molecule has 0 saturated carbocycles. The average molecular weight is 448 g/mol. The van der Waals surface area contributed by atoms with Crippen LogP contribution in [0.15, 0.2) is 95.6 Å². The molecule has 0 atom stereocenters. The molecule has 34 heavy (non-hydrogen) atoms. The van der Waals surface area contributed by atoms with Gasteiger partial charge in [0.2, 0.25) is 5.82 Å². The summed E-state index contributed by atoms with van der Waals surface area (Å²) in [6.45, 7) is 0.967. The molecule has 1 saturated heterocycles. The molecule has 0 unspecified atom stereocenters. The first-order chi connectivity index (χ1) is 16.8. The molecule has 2 aromatic heterocycles. The van der Waals surface area contributed by atoms with Gasteiger partial charge in [0.15, 0.2) is 0 Å². The van der Waals surface area contributed by atoms with Crippen LogP contribution in [0.25, 0.3) is 33.6 Å². The highest BCUT2D eigenvalue weighted by molar-refractivity contribution is 6.05. The van der Waals surface area contributed by atoms with E-state index in [-0.39, 0.29) is 12.0 Å². The van der Waals surface area contributed by atoms with Crippen molar-refractivity contribution in [2.24, 2.45) is 0 Å². The SMILES string of the molecule is O=C(c1nccc2ccccc12)N1CC(Oc2ccccc2-c2nc(-c3ccccc3)no2)C1. The molecule has 1 aliphatic rings. The van der Waals surface area contributed by atoms with Gasteiger partial charge in [-0.05, 0) is 23.6 Å². The third kappa shape index (κ3) is 3.67. The van der Waals surface area contributed by atoms with E-state index in [1.807, 2.05) is 84.9 Å². The summed E-state index contributed by atoms with van der Waals surface area (Å²) in [6.07, 6.45) is 1.55. The number of benzene rings is 3. The number of nitrogens with zero attached hydrogens (tertiary/aromatic N) is 4. The molecule has 7 nitrogen and oxygen atoms in total. The lowest BCUT2D eigenvalue weighted by molar-refractivity contribution is 0.0177. The number of para-hydroxylation sites is 1. The summed E-state index contributed by atoms with van der Waals surface area (Å²) in [7, 11) is 0. The molecule has 1 amide bonds. The zero-order valence-electron chi connectivity index (χ0n) is 18.2. The number of carbonyl (C=O) groups excluding carboxylic acids is 1. The maximum absolute atomic E-state index is 13.0. The van der Waals surface area contributed by atoms with Crippen LogP contribution in [0, 0.1) is 0 Å². The van der Waals surface area contributed by atoms with Crippen molar-refractivity contribution in [3.05, 3.63) is 96.8 Å². The van der Waals surface area contributed by atoms with E-state index in [4.69, 9.17) is 9.26 Å². The van der Waals surface area contributed by atoms with Crippen molar-refractivity contribution >= 4 is 16.7 Å². The lowest BCUT2D eigenvalue weighted by Crippen LogP contribution is -2.56. The molecule has 0 radical (unpaired) electrons. The van der Waals surface area contributed by atoms with Crippen LogP contribution in [0.5, 0.6) is 5.75 Å². The molecule has 7 heteroatoms. The molecule has 0 N–H and O–H groups in total. The predicted octanol–water partition coefficient (Wildman–Crippen LogP) is 4.86. The molecule has 1 aliphatic heterocycles. The van der Waals surface area contributed by atoms with Crippen molar-refractivity contribution in [2.75, 3.05) is 13.1 Å². The predicted molar refractivity (Wildman–Crippen MR) is 127 cm³/mol. The first kappa shape index (κ1) is 20.1. The molecule has 6 rings (SSSR count). The Morgan fingerprint density at radius 3 is 2.56 bits per heavy atom. The van der Waals surface area contributed by atoms with Crippen LogP contribution in [-0.2, 0) is 0 Å². The van der Waals surface area contributed by atoms with E-state index < -0.39 is 0 Å². The van der Waals surface area contributed by atoms with E-state index in [9.17, 15) is 4.79 Å². The van der Waals surface area contributed by atoms with Crippen LogP contribution in [0.4, 0.5) is 0 Å². The fourth-order valence-corrected chi connectivity index (χ4v) is 4.08. The molecule has 0 bridgehead atoms. The number of pyridine rings is 1. The number of rotatable bonds is 5. The zero-order chi connectivity index (χ0) is 22.9. The van der Waals surface area contributed by atoms with E-state index in [1.165, 1.54) is 0 Å². The Labute approximate surface area is 195 Å². The number of hydrogen-bond acceptors (Lipinski definition) is 6. The Bertz CT molecular complexity index is 1470. The Hall–Kier alpha value is -4.52. The highest BCUT2D eigenvalue weighted by atomic mass is 16.5. The number of likely N-dealkylation sites (tertiary alicyclic amines) is 1. The van der Waals surface area contributed by atoms with E-state index in [1.54, 1.807) is 11.1 Å². The highest BCUT2D eigenvalue weighted by Crippen LogP contribution is 2.32. The second-order valence-electron chi connectivity index (χ2n) is 8.12. The molecular weight excluding hydrogens is 428 g/mol. The second kappa shape index (κ2) is 8.44. The molecular formula is C27H20N4O3. The molecule has 0 aliphatic carbocycles. The Kier molecular flexibility index (Phi) is 4.99. The summed E-state index contributed by atoms with van der Waals surface area (Å²) in [5, 5.41) is 5.96. The summed E-state index contributed by atoms with van der Waals surface area (Å²) >= 11 is 0. The second-order valence-corrected chi connectivity index (χ2v) is 8.12. The van der Waals surface area contributed by atoms with E-state index in [0.29, 0.717) is 36.2 Å². The summed E-state index contributed by atoms with van der Waals surface area (Å²) < 4.78 is 11.7. The maximum Gasteiger partial charge on any atom is 0.273 e. The largest absolute Gasteiger partial charge is 0.486 e. The lowest BCUT2D eigenvalue weighted by atomic mass is 10.1. The number of amides is 1. The van der Waals surface area contributed by atoms with Gasteiger partial charge in [0.05, 0.1) is 18.7 Å². The normalized spacial score (nSPS) is 13.6. The average Bonchev–Trinajstić information content (AvgIpc) is 3.36. The van der Waals surface area contributed by atoms with Crippen LogP contribution in [0.3, 0.4) is 0 Å². The van der Waals surface area contributed by atoms with Crippen molar-refractivity contribution in [1.29, 1.82) is 0 Å². The van der Waals surface area contributed by atoms with Gasteiger partial charge in [-0.25, -0.2) is 0 Å². The number of ether oxygens (including phenoxy) is 1. The van der Waals surface area contributed by atoms with Gasteiger partial charge in [-0.2, -0.15) is 4.98 Å². The molecule has 166 valence electrons. The topological polar surface area (TPSA) is 81.4 Å². The van der Waals surface area contributed by atoms with Crippen LogP contribution in [0.2, 0.25) is 0 Å². The van der Waals surface area contributed by atoms with Gasteiger partial charge in [-0.15, -0.1) is 0 Å². The summed E-state index contributed by atoms with van der Waals surface area (Å²) in [4.78, 5) is 23.7. The van der Waals surface area contributed by atoms with Crippen LogP contribution < -0.4 is 4.74 Å². The fraction of sp³-hybridized carbons (Fsp3) is 0.111. The summed E-state index contributed by atoms with van der Waals surface area (Å²) in [6, 6.07) is 26.9. The fourth-order valence-electron chi connectivity index (χ4n) is 4.08. The van der Waals surface area contributed by atoms with Gasteiger partial charge in [0.25, 0.3) is 11.8 Å². The first-order valence-corrected chi connectivity index (χ1v) is 11.0. The number of aromatic nitrogens is 3. The van der Waals surface area contributed by atoms with Crippen LogP contribution in [0.1, 0.15) is 10.5 Å². The van der Waals surface area contributed by atoms with Crippen molar-refractivity contribution in [3.8, 4) is 28.6 Å². The molecule has 1 fully saturated rings. The Morgan fingerprint density at radius 2 is 1.68 bits per heavy atom. The van der Waals surface area contributed by atoms with Crippen molar-refractivity contribution in [1.82, 2.24) is 20.0 Å². The summed E-state index contributed by atoms with van der Waals surface area (Å²) in [5.74, 6) is 1.47. The smallest absolute Gasteiger partial charge is 0.273 e. The summed E-state index contributed by atoms with van der Waals surface area (Å²) in [5.41, 5.74) is 2.07. The molecule has 0 spiro atoms. The molecule has 5 aromatic rings. The van der Waals surface area contributed by atoms with Gasteiger partial charge >= 0.3 is 0 Å². The van der Waals surface area contributed by atoms with Crippen molar-refractivity contribution in [3.63, 3.8) is 0 Å². The number of carbonyl (C=O) groups is 1. The molecule has 3 heterocycles. The Morgan fingerprint density at radius 1 is 0.912 bits per heavy atom. The van der Waals surface area contributed by atoms with Gasteiger partial charge in [-0.1, -0.05) is 71.9 Å². The van der Waals surface area contributed by atoms with Gasteiger partial charge in [0, 0.05) is 17.1 Å². The number of hydrogen-bond donors (Lipinski definition) is 0. The third-order valence-electron chi connectivity index (χ3n) is 5.88. The van der Waals surface area contributed by atoms with Crippen molar-refractivity contribution < 1.29 is 14.1 Å². The van der Waals surface area contributed by atoms with Gasteiger partial charge < -0.3 is 14.2 Å². The van der Waals surface area contributed by atoms with Crippen LogP contribution >= 0.6 is 0 Å². The first-order valence-electron chi connectivity index (χ1n) is 11.0. The minimum absolute atomic E-state index is 0.0886. The maximum atomic E-state index is 13.0. The standard InChI is InChI=1S/C27H20N4O3/c32-27(24-21-11-5-4-8-18(21)14-15-28-24)31-16-20(17-31)33-23-13-7-6-12-22(23)26-29-25(30-34-26)19-9-2-1-3-10-19/h1-15,20H,16-17H2. The minimum Gasteiger partial charge on any atom is -0.486 e. The van der Waals surface area contributed by atoms with E-state index in [2.05, 4.69) is 15.1 Å². The highest BCUT2D eigenvalue weighted by Gasteiger charge is 2.34. The van der Waals surface area contributed by atoms with E-state index >= 15 is 0 Å².